The molecule has 0 saturated carbocycles. The Kier molecular flexibility index (Phi) is 6.65. The second kappa shape index (κ2) is 9.14. The molecule has 0 aliphatic heterocycles. The van der Waals surface area contributed by atoms with Crippen molar-refractivity contribution in [1.82, 2.24) is 10.7 Å². The minimum absolute atomic E-state index is 0.145. The fourth-order valence-corrected chi connectivity index (χ4v) is 2.15. The van der Waals surface area contributed by atoms with Gasteiger partial charge < -0.3 is 20.0 Å². The van der Waals surface area contributed by atoms with Crippen LogP contribution in [0.4, 0.5) is 0 Å². The van der Waals surface area contributed by atoms with E-state index in [1.807, 2.05) is 31.2 Å². The van der Waals surface area contributed by atoms with Gasteiger partial charge in [0, 0.05) is 12.1 Å². The maximum Gasteiger partial charge on any atom is 0.329 e. The van der Waals surface area contributed by atoms with Gasteiger partial charge in [-0.2, -0.15) is 5.10 Å². The number of carbonyl (C=O) groups excluding carboxylic acids is 3. The fourth-order valence-electron chi connectivity index (χ4n) is 2.15. The Bertz CT molecular complexity index is 875. The van der Waals surface area contributed by atoms with Gasteiger partial charge in [0.15, 0.2) is 0 Å². The minimum atomic E-state index is -1.40. The molecule has 8 heteroatoms. The quantitative estimate of drug-likeness (QED) is 0.427. The highest BCUT2D eigenvalue weighted by atomic mass is 16.5. The molecule has 8 nitrogen and oxygen atoms in total. The summed E-state index contributed by atoms with van der Waals surface area (Å²) >= 11 is 0. The summed E-state index contributed by atoms with van der Waals surface area (Å²) < 4.78 is 4.92. The van der Waals surface area contributed by atoms with E-state index in [9.17, 15) is 19.5 Å². The molecule has 0 heterocycles. The number of ether oxygens (including phenoxy) is 1. The van der Waals surface area contributed by atoms with Crippen LogP contribution < -0.4 is 20.6 Å². The zero-order valence-corrected chi connectivity index (χ0v) is 14.8. The van der Waals surface area contributed by atoms with Crippen molar-refractivity contribution in [2.45, 2.75) is 13.5 Å². The number of nitrogens with one attached hydrogen (secondary N) is 2. The van der Waals surface area contributed by atoms with Crippen molar-refractivity contribution < 1.29 is 24.2 Å². The molecule has 2 rings (SSSR count). The molecule has 0 aliphatic rings. The summed E-state index contributed by atoms with van der Waals surface area (Å²) in [4.78, 5) is 34.5. The van der Waals surface area contributed by atoms with Crippen LogP contribution in [0.5, 0.6) is 5.75 Å². The number of nitrogens with zero attached hydrogens (tertiary/aromatic N) is 1. The lowest BCUT2D eigenvalue weighted by Gasteiger charge is -2.09. The summed E-state index contributed by atoms with van der Waals surface area (Å²) in [6.07, 6.45) is 1.21. The Morgan fingerprint density at radius 2 is 1.81 bits per heavy atom. The topological polar surface area (TPSA) is 120 Å². The van der Waals surface area contributed by atoms with E-state index < -0.39 is 17.8 Å². The largest absolute Gasteiger partial charge is 0.545 e. The number of carboxylic acid groups (broad SMARTS) is 1. The summed E-state index contributed by atoms with van der Waals surface area (Å²) in [5, 5.41) is 17.2. The monoisotopic (exact) mass is 368 g/mol. The van der Waals surface area contributed by atoms with Gasteiger partial charge in [0.05, 0.1) is 19.3 Å². The van der Waals surface area contributed by atoms with E-state index in [-0.39, 0.29) is 17.9 Å². The average Bonchev–Trinajstić information content (AvgIpc) is 2.67. The first-order valence-corrected chi connectivity index (χ1v) is 7.97. The van der Waals surface area contributed by atoms with Crippen molar-refractivity contribution in [3.05, 3.63) is 64.7 Å². The first-order chi connectivity index (χ1) is 12.9. The van der Waals surface area contributed by atoms with Crippen LogP contribution in [0, 0.1) is 6.92 Å². The molecule has 0 bridgehead atoms. The fraction of sp³-hybridized carbons (Fsp3) is 0.158. The highest BCUT2D eigenvalue weighted by molar-refractivity contribution is 6.35. The third-order valence-corrected chi connectivity index (χ3v) is 3.60. The molecule has 0 aliphatic carbocycles. The predicted molar refractivity (Wildman–Crippen MR) is 96.1 cm³/mol. The van der Waals surface area contributed by atoms with Crippen LogP contribution in [0.2, 0.25) is 0 Å². The van der Waals surface area contributed by atoms with Crippen LogP contribution in [-0.2, 0) is 16.1 Å². The number of hydrazone groups is 1. The number of benzene rings is 2. The van der Waals surface area contributed by atoms with Crippen molar-refractivity contribution in [3.8, 4) is 5.75 Å². The van der Waals surface area contributed by atoms with Crippen LogP contribution in [0.25, 0.3) is 0 Å². The summed E-state index contributed by atoms with van der Waals surface area (Å²) in [7, 11) is 1.34. The minimum Gasteiger partial charge on any atom is -0.545 e. The van der Waals surface area contributed by atoms with E-state index in [4.69, 9.17) is 4.74 Å². The standard InChI is InChI=1S/C19H19N3O5/c1-12-3-5-13(6-4-12)10-20-17(23)18(24)22-21-11-14-7-8-16(27-2)15(9-14)19(25)26/h3-9,11H,10H2,1-2H3,(H,20,23)(H,22,24)(H,25,26)/p-1/b21-11-. The van der Waals surface area contributed by atoms with Crippen LogP contribution in [0.15, 0.2) is 47.6 Å². The Morgan fingerprint density at radius 3 is 2.44 bits per heavy atom. The van der Waals surface area contributed by atoms with Crippen LogP contribution in [0.3, 0.4) is 0 Å². The van der Waals surface area contributed by atoms with Gasteiger partial charge in [0.25, 0.3) is 0 Å². The molecule has 0 fully saturated rings. The lowest BCUT2D eigenvalue weighted by atomic mass is 10.1. The summed E-state index contributed by atoms with van der Waals surface area (Å²) in [6.45, 7) is 2.16. The van der Waals surface area contributed by atoms with Gasteiger partial charge in [0.2, 0.25) is 0 Å². The number of methoxy groups -OCH3 is 1. The van der Waals surface area contributed by atoms with Gasteiger partial charge in [-0.05, 0) is 36.2 Å². The number of aryl methyl sites for hydroxylation is 1. The molecular weight excluding hydrogens is 350 g/mol. The molecule has 0 atom stereocenters. The van der Waals surface area contributed by atoms with E-state index in [1.54, 1.807) is 6.07 Å². The van der Waals surface area contributed by atoms with Crippen LogP contribution in [0.1, 0.15) is 27.0 Å². The number of rotatable bonds is 6. The first-order valence-electron chi connectivity index (χ1n) is 7.97. The Balaban J connectivity index is 1.90. The highest BCUT2D eigenvalue weighted by Gasteiger charge is 2.12. The molecule has 0 aromatic heterocycles. The van der Waals surface area contributed by atoms with E-state index in [0.717, 1.165) is 11.1 Å². The number of carbonyl (C=O) groups is 3. The van der Waals surface area contributed by atoms with Crippen molar-refractivity contribution >= 4 is 24.0 Å². The summed E-state index contributed by atoms with van der Waals surface area (Å²) in [6, 6.07) is 11.8. The molecule has 140 valence electrons. The summed E-state index contributed by atoms with van der Waals surface area (Å²) in [5.41, 5.74) is 4.27. The smallest absolute Gasteiger partial charge is 0.329 e. The van der Waals surface area contributed by atoms with Crippen LogP contribution in [-0.4, -0.2) is 31.1 Å². The zero-order chi connectivity index (χ0) is 19.8. The van der Waals surface area contributed by atoms with E-state index in [2.05, 4.69) is 15.8 Å². The maximum absolute atomic E-state index is 11.8. The normalized spacial score (nSPS) is 10.4. The van der Waals surface area contributed by atoms with E-state index in [0.29, 0.717) is 5.56 Å². The number of carboxylic acids is 1. The van der Waals surface area contributed by atoms with Gasteiger partial charge >= 0.3 is 11.8 Å². The Morgan fingerprint density at radius 1 is 1.11 bits per heavy atom. The van der Waals surface area contributed by atoms with Gasteiger partial charge in [-0.3, -0.25) is 9.59 Å². The van der Waals surface area contributed by atoms with Crippen molar-refractivity contribution in [3.63, 3.8) is 0 Å². The maximum atomic E-state index is 11.8. The van der Waals surface area contributed by atoms with Crippen molar-refractivity contribution in [2.24, 2.45) is 5.10 Å². The molecule has 0 spiro atoms. The third kappa shape index (κ3) is 5.67. The van der Waals surface area contributed by atoms with Gasteiger partial charge in [0.1, 0.15) is 5.75 Å². The molecule has 0 radical (unpaired) electrons. The number of hydrogen-bond donors (Lipinski definition) is 2. The molecule has 2 amide bonds. The molecule has 2 aromatic rings. The molecule has 2 aromatic carbocycles. The molecule has 2 N–H and O–H groups in total. The second-order valence-corrected chi connectivity index (χ2v) is 5.61. The van der Waals surface area contributed by atoms with Gasteiger partial charge in [-0.25, -0.2) is 5.43 Å². The van der Waals surface area contributed by atoms with Crippen molar-refractivity contribution in [1.29, 1.82) is 0 Å². The number of amides is 2. The summed E-state index contributed by atoms with van der Waals surface area (Å²) in [5.74, 6) is -3.03. The zero-order valence-electron chi connectivity index (χ0n) is 14.8. The predicted octanol–water partition coefficient (Wildman–Crippen LogP) is 0.134. The SMILES string of the molecule is COc1ccc(/C=N\NC(=O)C(=O)NCc2ccc(C)cc2)cc1C(=O)[O-]. The highest BCUT2D eigenvalue weighted by Crippen LogP contribution is 2.18. The molecular formula is C19H18N3O5-. The molecule has 27 heavy (non-hydrogen) atoms. The van der Waals surface area contributed by atoms with E-state index >= 15 is 0 Å². The third-order valence-electron chi connectivity index (χ3n) is 3.60. The average molecular weight is 368 g/mol. The number of aromatic carboxylic acids is 1. The lowest BCUT2D eigenvalue weighted by molar-refractivity contribution is -0.255. The molecule has 0 unspecified atom stereocenters. The van der Waals surface area contributed by atoms with E-state index in [1.165, 1.54) is 25.5 Å². The second-order valence-electron chi connectivity index (χ2n) is 5.61. The number of hydrogen-bond acceptors (Lipinski definition) is 6. The van der Waals surface area contributed by atoms with Gasteiger partial charge in [-0.1, -0.05) is 29.8 Å². The first kappa shape index (κ1) is 19.6. The lowest BCUT2D eigenvalue weighted by Crippen LogP contribution is -2.37. The Hall–Kier alpha value is -3.68. The Labute approximate surface area is 155 Å². The van der Waals surface area contributed by atoms with Gasteiger partial charge in [-0.15, -0.1) is 0 Å². The van der Waals surface area contributed by atoms with Crippen LogP contribution >= 0.6 is 0 Å². The molecule has 0 saturated heterocycles. The van der Waals surface area contributed by atoms with Crippen molar-refractivity contribution in [2.75, 3.05) is 7.11 Å².